The molecule has 3 heterocycles. The van der Waals surface area contributed by atoms with Crippen LogP contribution in [0.4, 0.5) is 36.6 Å². The molecule has 0 unspecified atom stereocenters. The van der Waals surface area contributed by atoms with Gasteiger partial charge in [-0.15, -0.1) is 0 Å². The van der Waals surface area contributed by atoms with Gasteiger partial charge in [-0.25, -0.2) is 24.1 Å². The average Bonchev–Trinajstić information content (AvgIpc) is 2.73. The standard InChI is InChI=1S/C17H13Cl2F4N5O2.C2HF3O2/c1-16(5-11(17(21,22)23)27-15(24)30-16)10-3-2-9(20)13(26-10)28-14(29)12-8(19)4-7(18)6-25-12;3-2(4,5)1(6)7/h2-4,6,11H,5H2,1H3,(H2,24,27)(H,26,28,29);(H,6,7)/t11-,16-;/m0./s1. The number of amidine groups is 1. The van der Waals surface area contributed by atoms with E-state index >= 15 is 0 Å². The summed E-state index contributed by atoms with van der Waals surface area (Å²) in [7, 11) is 0. The van der Waals surface area contributed by atoms with Gasteiger partial charge in [-0.2, -0.15) is 26.3 Å². The van der Waals surface area contributed by atoms with Crippen molar-refractivity contribution in [3.63, 3.8) is 0 Å². The number of nitrogens with zero attached hydrogens (tertiary/aromatic N) is 3. The molecule has 2 aromatic heterocycles. The number of amides is 1. The molecule has 1 aliphatic rings. The molecule has 37 heavy (non-hydrogen) atoms. The molecule has 0 aromatic carbocycles. The number of hydrogen-bond donors (Lipinski definition) is 3. The highest BCUT2D eigenvalue weighted by atomic mass is 35.5. The van der Waals surface area contributed by atoms with Gasteiger partial charge in [-0.05, 0) is 25.1 Å². The van der Waals surface area contributed by atoms with E-state index in [0.29, 0.717) is 0 Å². The number of aliphatic carboxylic acids is 1. The van der Waals surface area contributed by atoms with Gasteiger partial charge in [-0.3, -0.25) is 4.79 Å². The highest BCUT2D eigenvalue weighted by molar-refractivity contribution is 6.36. The molecule has 3 rings (SSSR count). The summed E-state index contributed by atoms with van der Waals surface area (Å²) in [5.74, 6) is -5.15. The molecule has 1 amide bonds. The Morgan fingerprint density at radius 2 is 1.81 bits per heavy atom. The Labute approximate surface area is 212 Å². The molecule has 0 saturated carbocycles. The summed E-state index contributed by atoms with van der Waals surface area (Å²) < 4.78 is 90.7. The highest BCUT2D eigenvalue weighted by Crippen LogP contribution is 2.39. The van der Waals surface area contributed by atoms with Gasteiger partial charge in [0, 0.05) is 12.6 Å². The zero-order valence-electron chi connectivity index (χ0n) is 18.1. The molecule has 0 saturated heterocycles. The minimum absolute atomic E-state index is 0.0869. The number of halogens is 9. The summed E-state index contributed by atoms with van der Waals surface area (Å²) in [6, 6.07) is 0.512. The number of carbonyl (C=O) groups is 2. The molecule has 18 heteroatoms. The molecule has 4 N–H and O–H groups in total. The third kappa shape index (κ3) is 7.79. The molecule has 2 atom stereocenters. The Morgan fingerprint density at radius 1 is 1.22 bits per heavy atom. The first-order chi connectivity index (χ1) is 16.8. The number of aliphatic imine (C=N–C) groups is 1. The number of rotatable bonds is 3. The number of carboxylic acid groups (broad SMARTS) is 1. The van der Waals surface area contributed by atoms with Crippen molar-refractivity contribution in [2.24, 2.45) is 10.7 Å². The molecular formula is C19H14Cl2F7N5O4. The fourth-order valence-corrected chi connectivity index (χ4v) is 3.25. The van der Waals surface area contributed by atoms with Crippen LogP contribution in [0.2, 0.25) is 10.0 Å². The van der Waals surface area contributed by atoms with E-state index in [0.717, 1.165) is 12.1 Å². The van der Waals surface area contributed by atoms with Crippen LogP contribution in [0.5, 0.6) is 0 Å². The van der Waals surface area contributed by atoms with Crippen molar-refractivity contribution in [3.8, 4) is 0 Å². The molecule has 0 fully saturated rings. The number of carbonyl (C=O) groups excluding carboxylic acids is 1. The van der Waals surface area contributed by atoms with Crippen LogP contribution in [0.1, 0.15) is 29.5 Å². The zero-order valence-corrected chi connectivity index (χ0v) is 19.6. The highest BCUT2D eigenvalue weighted by Gasteiger charge is 2.49. The topological polar surface area (TPSA) is 140 Å². The second kappa shape index (κ2) is 10.9. The van der Waals surface area contributed by atoms with Crippen molar-refractivity contribution < 1.29 is 50.2 Å². The Bertz CT molecular complexity index is 1230. The number of hydrogen-bond acceptors (Lipinski definition) is 7. The predicted octanol–water partition coefficient (Wildman–Crippen LogP) is 4.69. The van der Waals surface area contributed by atoms with Crippen molar-refractivity contribution in [2.75, 3.05) is 5.32 Å². The number of carboxylic acids is 1. The van der Waals surface area contributed by atoms with Crippen LogP contribution in [0, 0.1) is 5.82 Å². The van der Waals surface area contributed by atoms with Crippen LogP contribution in [-0.2, 0) is 15.1 Å². The van der Waals surface area contributed by atoms with Crippen LogP contribution < -0.4 is 11.1 Å². The maximum Gasteiger partial charge on any atom is 0.490 e. The first-order valence-electron chi connectivity index (χ1n) is 9.52. The van der Waals surface area contributed by atoms with Gasteiger partial charge in [-0.1, -0.05) is 23.2 Å². The minimum Gasteiger partial charge on any atom is -0.475 e. The molecule has 0 radical (unpaired) electrons. The molecule has 9 nitrogen and oxygen atoms in total. The fourth-order valence-electron chi connectivity index (χ4n) is 2.79. The first kappa shape index (κ1) is 29.8. The molecule has 1 aliphatic heterocycles. The van der Waals surface area contributed by atoms with Crippen molar-refractivity contribution in [1.29, 1.82) is 0 Å². The van der Waals surface area contributed by atoms with Crippen molar-refractivity contribution in [1.82, 2.24) is 9.97 Å². The minimum atomic E-state index is -5.08. The summed E-state index contributed by atoms with van der Waals surface area (Å²) in [6.45, 7) is 1.30. The van der Waals surface area contributed by atoms with Crippen LogP contribution in [0.3, 0.4) is 0 Å². The second-order valence-electron chi connectivity index (χ2n) is 7.33. The van der Waals surface area contributed by atoms with Gasteiger partial charge in [0.2, 0.25) is 0 Å². The van der Waals surface area contributed by atoms with Gasteiger partial charge >= 0.3 is 18.3 Å². The van der Waals surface area contributed by atoms with E-state index in [1.54, 1.807) is 0 Å². The van der Waals surface area contributed by atoms with Gasteiger partial charge in [0.15, 0.2) is 23.3 Å². The summed E-state index contributed by atoms with van der Waals surface area (Å²) in [4.78, 5) is 32.2. The van der Waals surface area contributed by atoms with Crippen molar-refractivity contribution in [2.45, 2.75) is 37.3 Å². The third-order valence-electron chi connectivity index (χ3n) is 4.46. The molecule has 0 bridgehead atoms. The Kier molecular flexibility index (Phi) is 8.80. The largest absolute Gasteiger partial charge is 0.490 e. The third-order valence-corrected chi connectivity index (χ3v) is 4.95. The quantitative estimate of drug-likeness (QED) is 0.448. The van der Waals surface area contributed by atoms with Gasteiger partial charge in [0.25, 0.3) is 11.9 Å². The number of nitrogens with two attached hydrogens (primary N) is 1. The van der Waals surface area contributed by atoms with Crippen LogP contribution >= 0.6 is 23.2 Å². The van der Waals surface area contributed by atoms with E-state index in [-0.39, 0.29) is 21.4 Å². The lowest BCUT2D eigenvalue weighted by molar-refractivity contribution is -0.192. The molecular weight excluding hydrogens is 566 g/mol. The number of anilines is 1. The Hall–Kier alpha value is -3.40. The summed E-state index contributed by atoms with van der Waals surface area (Å²) in [5, 5.41) is 9.40. The molecule has 2 aromatic rings. The number of pyridine rings is 2. The Morgan fingerprint density at radius 3 is 2.32 bits per heavy atom. The van der Waals surface area contributed by atoms with E-state index in [4.69, 9.17) is 43.6 Å². The number of ether oxygens (including phenoxy) is 1. The summed E-state index contributed by atoms with van der Waals surface area (Å²) in [6.07, 6.45) is -9.23. The summed E-state index contributed by atoms with van der Waals surface area (Å²) in [5.41, 5.74) is 3.39. The SMILES string of the molecule is C[C@@]1(c2ccc(F)c(NC(=O)c3ncc(Cl)cc3Cl)n2)C[C@@H](C(F)(F)F)N=C(N)O1.O=C(O)C(F)(F)F. The number of aromatic nitrogens is 2. The average molecular weight is 580 g/mol. The van der Waals surface area contributed by atoms with Gasteiger partial charge in [0.05, 0.1) is 15.7 Å². The lowest BCUT2D eigenvalue weighted by atomic mass is 9.91. The predicted molar refractivity (Wildman–Crippen MR) is 115 cm³/mol. The zero-order chi connectivity index (χ0) is 28.3. The normalized spacial score (nSPS) is 19.6. The Balaban J connectivity index is 0.000000604. The molecule has 202 valence electrons. The van der Waals surface area contributed by atoms with Crippen LogP contribution in [-0.4, -0.2) is 51.4 Å². The van der Waals surface area contributed by atoms with Crippen molar-refractivity contribution >= 4 is 46.9 Å². The molecule has 0 spiro atoms. The number of nitrogens with one attached hydrogen (secondary N) is 1. The maximum absolute atomic E-state index is 14.2. The van der Waals surface area contributed by atoms with Crippen molar-refractivity contribution in [3.05, 3.63) is 51.6 Å². The van der Waals surface area contributed by atoms with Crippen LogP contribution in [0.15, 0.2) is 29.4 Å². The van der Waals surface area contributed by atoms with E-state index in [1.165, 1.54) is 19.2 Å². The second-order valence-corrected chi connectivity index (χ2v) is 8.17. The van der Waals surface area contributed by atoms with E-state index in [1.807, 2.05) is 0 Å². The van der Waals surface area contributed by atoms with E-state index < -0.39 is 59.9 Å². The van der Waals surface area contributed by atoms with Crippen LogP contribution in [0.25, 0.3) is 0 Å². The smallest absolute Gasteiger partial charge is 0.475 e. The monoisotopic (exact) mass is 579 g/mol. The lowest BCUT2D eigenvalue weighted by Crippen LogP contribution is -2.46. The van der Waals surface area contributed by atoms with Gasteiger partial charge < -0.3 is 20.9 Å². The fraction of sp³-hybridized carbons (Fsp3) is 0.316. The van der Waals surface area contributed by atoms with Gasteiger partial charge in [0.1, 0.15) is 5.69 Å². The lowest BCUT2D eigenvalue weighted by Gasteiger charge is -2.36. The maximum atomic E-state index is 14.2. The first-order valence-corrected chi connectivity index (χ1v) is 10.3. The number of alkyl halides is 6. The van der Waals surface area contributed by atoms with E-state index in [9.17, 15) is 35.5 Å². The van der Waals surface area contributed by atoms with E-state index in [2.05, 4.69) is 20.3 Å². The molecule has 0 aliphatic carbocycles. The summed E-state index contributed by atoms with van der Waals surface area (Å²) >= 11 is 11.6.